The molecule has 1 rings (SSSR count). The minimum absolute atomic E-state index is 0.357. The van der Waals surface area contributed by atoms with Gasteiger partial charge in [-0.15, -0.1) is 0 Å². The van der Waals surface area contributed by atoms with E-state index in [1.165, 1.54) is 0 Å². The molecule has 0 amide bonds. The van der Waals surface area contributed by atoms with E-state index in [2.05, 4.69) is 5.11 Å². The van der Waals surface area contributed by atoms with Crippen LogP contribution in [0.5, 0.6) is 0 Å². The van der Waals surface area contributed by atoms with Crippen LogP contribution < -0.4 is 0 Å². The van der Waals surface area contributed by atoms with Crippen LogP contribution in [0.15, 0.2) is 29.4 Å². The molecule has 0 saturated carbocycles. The first-order chi connectivity index (χ1) is 5.36. The van der Waals surface area contributed by atoms with Crippen LogP contribution in [0.1, 0.15) is 11.1 Å². The van der Waals surface area contributed by atoms with Crippen LogP contribution in [-0.4, -0.2) is 0 Å². The summed E-state index contributed by atoms with van der Waals surface area (Å²) in [6.07, 6.45) is 0. The summed E-state index contributed by atoms with van der Waals surface area (Å²) in [5.74, 6) is 0. The molecule has 1 aromatic rings. The summed E-state index contributed by atoms with van der Waals surface area (Å²) in [7, 11) is 0. The van der Waals surface area contributed by atoms with Gasteiger partial charge in [0.15, 0.2) is 0 Å². The monoisotopic (exact) mass is 145 g/mol. The molecule has 0 aliphatic rings. The lowest BCUT2D eigenvalue weighted by Gasteiger charge is -1.93. The number of benzene rings is 1. The second-order valence-electron chi connectivity index (χ2n) is 2.13. The van der Waals surface area contributed by atoms with Crippen LogP contribution >= 0.6 is 0 Å². The number of rotatable bonds is 2. The van der Waals surface area contributed by atoms with Crippen molar-refractivity contribution >= 4 is 0 Å². The molecule has 54 valence electrons. The summed E-state index contributed by atoms with van der Waals surface area (Å²) in [4.78, 5) is 0. The van der Waals surface area contributed by atoms with Crippen molar-refractivity contribution in [3.8, 4) is 6.07 Å². The van der Waals surface area contributed by atoms with Crippen LogP contribution in [0, 0.1) is 16.9 Å². The van der Waals surface area contributed by atoms with Gasteiger partial charge in [0.25, 0.3) is 0 Å². The number of hydrogen-bond donors (Lipinski definition) is 1. The van der Waals surface area contributed by atoms with Crippen molar-refractivity contribution in [1.29, 1.82) is 10.8 Å². The zero-order valence-electron chi connectivity index (χ0n) is 5.91. The van der Waals surface area contributed by atoms with E-state index in [-0.39, 0.29) is 0 Å². The quantitative estimate of drug-likeness (QED) is 0.636. The van der Waals surface area contributed by atoms with Gasteiger partial charge < -0.3 is 0 Å². The molecular formula is C8H7N3. The Morgan fingerprint density at radius 2 is 2.36 bits per heavy atom. The van der Waals surface area contributed by atoms with Crippen molar-refractivity contribution in [3.05, 3.63) is 35.4 Å². The van der Waals surface area contributed by atoms with Crippen molar-refractivity contribution < 1.29 is 0 Å². The summed E-state index contributed by atoms with van der Waals surface area (Å²) in [6.45, 7) is 0.357. The Balaban J connectivity index is 2.93. The van der Waals surface area contributed by atoms with Crippen LogP contribution in [-0.2, 0) is 6.54 Å². The predicted molar refractivity (Wildman–Crippen MR) is 40.0 cm³/mol. The molecule has 1 aromatic carbocycles. The third kappa shape index (κ3) is 1.87. The topological polar surface area (TPSA) is 60.0 Å². The van der Waals surface area contributed by atoms with Gasteiger partial charge in [0.2, 0.25) is 0 Å². The SMILES string of the molecule is N#Cc1cccc(CN=N)c1. The minimum atomic E-state index is 0.357. The Labute approximate surface area is 64.8 Å². The largest absolute Gasteiger partial charge is 0.210 e. The van der Waals surface area contributed by atoms with Crippen LogP contribution in [0.2, 0.25) is 0 Å². The summed E-state index contributed by atoms with van der Waals surface area (Å²) in [6, 6.07) is 9.12. The van der Waals surface area contributed by atoms with Gasteiger partial charge in [-0.1, -0.05) is 12.1 Å². The lowest BCUT2D eigenvalue weighted by molar-refractivity contribution is 0.907. The average molecular weight is 145 g/mol. The molecular weight excluding hydrogens is 138 g/mol. The van der Waals surface area contributed by atoms with Gasteiger partial charge in [-0.3, -0.25) is 0 Å². The number of hydrogen-bond acceptors (Lipinski definition) is 3. The first-order valence-corrected chi connectivity index (χ1v) is 3.19. The van der Waals surface area contributed by atoms with Gasteiger partial charge in [0.05, 0.1) is 18.2 Å². The molecule has 0 spiro atoms. The van der Waals surface area contributed by atoms with E-state index in [4.69, 9.17) is 10.8 Å². The molecule has 0 aliphatic carbocycles. The Morgan fingerprint density at radius 3 is 3.00 bits per heavy atom. The Bertz CT molecular complexity index is 298. The summed E-state index contributed by atoms with van der Waals surface area (Å²) >= 11 is 0. The van der Waals surface area contributed by atoms with Crippen LogP contribution in [0.3, 0.4) is 0 Å². The van der Waals surface area contributed by atoms with Crippen molar-refractivity contribution in [2.45, 2.75) is 6.54 Å². The maximum absolute atomic E-state index is 8.50. The van der Waals surface area contributed by atoms with Gasteiger partial charge in [0.1, 0.15) is 0 Å². The molecule has 0 saturated heterocycles. The van der Waals surface area contributed by atoms with Crippen LogP contribution in [0.4, 0.5) is 0 Å². The fraction of sp³-hybridized carbons (Fsp3) is 0.125. The average Bonchev–Trinajstić information content (AvgIpc) is 2.06. The van der Waals surface area contributed by atoms with E-state index in [9.17, 15) is 0 Å². The molecule has 0 radical (unpaired) electrons. The Hall–Kier alpha value is -1.69. The van der Waals surface area contributed by atoms with Gasteiger partial charge >= 0.3 is 0 Å². The highest BCUT2D eigenvalue weighted by molar-refractivity contribution is 5.32. The Morgan fingerprint density at radius 1 is 1.55 bits per heavy atom. The smallest absolute Gasteiger partial charge is 0.0991 e. The number of nitriles is 1. The minimum Gasteiger partial charge on any atom is -0.210 e. The third-order valence-electron chi connectivity index (χ3n) is 1.32. The normalized spacial score (nSPS) is 8.64. The molecule has 3 heteroatoms. The molecule has 0 aliphatic heterocycles. The molecule has 0 unspecified atom stereocenters. The highest BCUT2D eigenvalue weighted by atomic mass is 14.9. The van der Waals surface area contributed by atoms with Crippen molar-refractivity contribution in [2.24, 2.45) is 5.11 Å². The molecule has 11 heavy (non-hydrogen) atoms. The molecule has 3 nitrogen and oxygen atoms in total. The fourth-order valence-electron chi connectivity index (χ4n) is 0.831. The highest BCUT2D eigenvalue weighted by Gasteiger charge is 1.92. The summed E-state index contributed by atoms with van der Waals surface area (Å²) < 4.78 is 0. The van der Waals surface area contributed by atoms with Crippen molar-refractivity contribution in [3.63, 3.8) is 0 Å². The molecule has 0 heterocycles. The molecule has 1 N–H and O–H groups in total. The first-order valence-electron chi connectivity index (χ1n) is 3.19. The van der Waals surface area contributed by atoms with Gasteiger partial charge in [0, 0.05) is 0 Å². The molecule has 0 fully saturated rings. The van der Waals surface area contributed by atoms with Crippen molar-refractivity contribution in [1.82, 2.24) is 0 Å². The molecule has 0 atom stereocenters. The van der Waals surface area contributed by atoms with E-state index in [1.54, 1.807) is 18.2 Å². The van der Waals surface area contributed by atoms with E-state index < -0.39 is 0 Å². The summed E-state index contributed by atoms with van der Waals surface area (Å²) in [5.41, 5.74) is 8.13. The predicted octanol–water partition coefficient (Wildman–Crippen LogP) is 2.09. The highest BCUT2D eigenvalue weighted by Crippen LogP contribution is 2.04. The molecule has 0 bridgehead atoms. The Kier molecular flexibility index (Phi) is 2.34. The van der Waals surface area contributed by atoms with Gasteiger partial charge in [-0.25, -0.2) is 5.53 Å². The lowest BCUT2D eigenvalue weighted by Crippen LogP contribution is -1.81. The zero-order valence-corrected chi connectivity index (χ0v) is 5.91. The molecule has 0 aromatic heterocycles. The zero-order chi connectivity index (χ0) is 8.10. The second kappa shape index (κ2) is 3.47. The first kappa shape index (κ1) is 7.42. The summed E-state index contributed by atoms with van der Waals surface area (Å²) in [5, 5.41) is 11.7. The van der Waals surface area contributed by atoms with Gasteiger partial charge in [-0.05, 0) is 17.7 Å². The van der Waals surface area contributed by atoms with E-state index in [0.717, 1.165) is 5.56 Å². The van der Waals surface area contributed by atoms with E-state index in [1.807, 2.05) is 12.1 Å². The number of nitrogens with zero attached hydrogens (tertiary/aromatic N) is 2. The van der Waals surface area contributed by atoms with E-state index >= 15 is 0 Å². The van der Waals surface area contributed by atoms with Crippen molar-refractivity contribution in [2.75, 3.05) is 0 Å². The van der Waals surface area contributed by atoms with Crippen LogP contribution in [0.25, 0.3) is 0 Å². The standard InChI is InChI=1S/C8H7N3/c9-5-7-2-1-3-8(4-7)6-11-10/h1-4,10H,6H2. The van der Waals surface area contributed by atoms with E-state index in [0.29, 0.717) is 12.1 Å². The maximum Gasteiger partial charge on any atom is 0.0991 e. The number of nitrogens with one attached hydrogen (secondary N) is 1. The third-order valence-corrected chi connectivity index (χ3v) is 1.32. The maximum atomic E-state index is 8.50. The second-order valence-corrected chi connectivity index (χ2v) is 2.13. The lowest BCUT2D eigenvalue weighted by atomic mass is 10.1. The van der Waals surface area contributed by atoms with Gasteiger partial charge in [-0.2, -0.15) is 10.4 Å². The fourth-order valence-corrected chi connectivity index (χ4v) is 0.831.